The molecule has 0 radical (unpaired) electrons. The van der Waals surface area contributed by atoms with Gasteiger partial charge >= 0.3 is 0 Å². The van der Waals surface area contributed by atoms with Crippen molar-refractivity contribution < 1.29 is 4.79 Å². The number of fused-ring (bicyclic) bond motifs is 1. The van der Waals surface area contributed by atoms with Crippen LogP contribution in [0.4, 0.5) is 5.69 Å². The molecule has 4 nitrogen and oxygen atoms in total. The summed E-state index contributed by atoms with van der Waals surface area (Å²) in [5.41, 5.74) is 3.02. The van der Waals surface area contributed by atoms with Gasteiger partial charge in [-0.25, -0.2) is 0 Å². The fourth-order valence-corrected chi connectivity index (χ4v) is 2.11. The first-order valence-electron chi connectivity index (χ1n) is 6.14. The van der Waals surface area contributed by atoms with Crippen LogP contribution < -0.4 is 5.32 Å². The molecule has 0 spiro atoms. The number of amides is 1. The molecule has 1 aliphatic heterocycles. The Hall–Kier alpha value is -2.02. The number of anilines is 1. The van der Waals surface area contributed by atoms with E-state index in [-0.39, 0.29) is 11.9 Å². The molecule has 0 bridgehead atoms. The topological polar surface area (TPSA) is 56.1 Å². The van der Waals surface area contributed by atoms with Crippen molar-refractivity contribution in [3.8, 4) is 6.07 Å². The number of nitriles is 1. The van der Waals surface area contributed by atoms with E-state index in [9.17, 15) is 4.79 Å². The smallest absolute Gasteiger partial charge is 0.253 e. The summed E-state index contributed by atoms with van der Waals surface area (Å²) in [7, 11) is 1.75. The first kappa shape index (κ1) is 12.4. The molecule has 94 valence electrons. The van der Waals surface area contributed by atoms with E-state index >= 15 is 0 Å². The van der Waals surface area contributed by atoms with Crippen LogP contribution in [0, 0.1) is 11.3 Å². The van der Waals surface area contributed by atoms with Gasteiger partial charge in [0.1, 0.15) is 0 Å². The van der Waals surface area contributed by atoms with E-state index in [1.165, 1.54) is 5.56 Å². The third-order valence-corrected chi connectivity index (χ3v) is 3.43. The minimum atomic E-state index is -0.0612. The Morgan fingerprint density at radius 3 is 3.11 bits per heavy atom. The van der Waals surface area contributed by atoms with Crippen molar-refractivity contribution in [3.05, 3.63) is 29.3 Å². The Kier molecular flexibility index (Phi) is 3.52. The molecule has 0 aromatic heterocycles. The highest BCUT2D eigenvalue weighted by atomic mass is 16.2. The van der Waals surface area contributed by atoms with Crippen molar-refractivity contribution in [1.29, 1.82) is 5.26 Å². The van der Waals surface area contributed by atoms with E-state index in [1.54, 1.807) is 11.9 Å². The molecule has 0 aliphatic carbocycles. The second-order valence-corrected chi connectivity index (χ2v) is 4.68. The highest BCUT2D eigenvalue weighted by molar-refractivity contribution is 5.95. The quantitative estimate of drug-likeness (QED) is 0.883. The predicted molar refractivity (Wildman–Crippen MR) is 70.4 cm³/mol. The molecule has 2 rings (SSSR count). The van der Waals surface area contributed by atoms with Crippen LogP contribution in [0.25, 0.3) is 0 Å². The van der Waals surface area contributed by atoms with Crippen LogP contribution in [-0.2, 0) is 6.42 Å². The molecule has 0 saturated heterocycles. The molecule has 0 saturated carbocycles. The molecular weight excluding hydrogens is 226 g/mol. The minimum absolute atomic E-state index is 0.0209. The first-order valence-corrected chi connectivity index (χ1v) is 6.14. The van der Waals surface area contributed by atoms with E-state index < -0.39 is 0 Å². The van der Waals surface area contributed by atoms with Gasteiger partial charge in [0.05, 0.1) is 12.5 Å². The number of nitrogens with zero attached hydrogens (tertiary/aromatic N) is 2. The van der Waals surface area contributed by atoms with Gasteiger partial charge in [-0.1, -0.05) is 0 Å². The van der Waals surface area contributed by atoms with E-state index in [1.807, 2.05) is 25.1 Å². The molecular formula is C14H17N3O. The average Bonchev–Trinajstić information content (AvgIpc) is 2.84. The summed E-state index contributed by atoms with van der Waals surface area (Å²) in [5, 5.41) is 11.9. The van der Waals surface area contributed by atoms with Crippen molar-refractivity contribution in [1.82, 2.24) is 4.90 Å². The van der Waals surface area contributed by atoms with E-state index in [0.29, 0.717) is 12.0 Å². The van der Waals surface area contributed by atoms with Crippen LogP contribution in [0.15, 0.2) is 18.2 Å². The number of benzene rings is 1. The largest absolute Gasteiger partial charge is 0.384 e. The summed E-state index contributed by atoms with van der Waals surface area (Å²) in [6.07, 6.45) is 1.32. The zero-order chi connectivity index (χ0) is 13.1. The number of rotatable bonds is 3. The van der Waals surface area contributed by atoms with Crippen molar-refractivity contribution in [2.24, 2.45) is 0 Å². The lowest BCUT2D eigenvalue weighted by atomic mass is 10.1. The molecule has 18 heavy (non-hydrogen) atoms. The normalized spacial score (nSPS) is 14.3. The maximum atomic E-state index is 12.3. The zero-order valence-corrected chi connectivity index (χ0v) is 10.7. The Morgan fingerprint density at radius 1 is 1.61 bits per heavy atom. The average molecular weight is 243 g/mol. The highest BCUT2D eigenvalue weighted by Crippen LogP contribution is 2.23. The number of hydrogen-bond donors (Lipinski definition) is 1. The van der Waals surface area contributed by atoms with Gasteiger partial charge in [0.2, 0.25) is 0 Å². The number of carbonyl (C=O) groups is 1. The summed E-state index contributed by atoms with van der Waals surface area (Å²) < 4.78 is 0. The monoisotopic (exact) mass is 243 g/mol. The second-order valence-electron chi connectivity index (χ2n) is 4.68. The molecule has 1 aromatic rings. The van der Waals surface area contributed by atoms with Crippen molar-refractivity contribution >= 4 is 11.6 Å². The zero-order valence-electron chi connectivity index (χ0n) is 10.7. The van der Waals surface area contributed by atoms with Gasteiger partial charge in [-0.2, -0.15) is 5.26 Å². The van der Waals surface area contributed by atoms with Gasteiger partial charge in [0, 0.05) is 30.9 Å². The van der Waals surface area contributed by atoms with Crippen molar-refractivity contribution in [3.63, 3.8) is 0 Å². The molecule has 4 heteroatoms. The summed E-state index contributed by atoms with van der Waals surface area (Å²) in [6, 6.07) is 7.78. The molecule has 1 heterocycles. The molecule has 1 N–H and O–H groups in total. The standard InChI is InChI=1S/C14H17N3O/c1-10(5-7-15)17(2)14(18)12-3-4-13-11(9-12)6-8-16-13/h3-4,9-10,16H,5-6,8H2,1-2H3. The highest BCUT2D eigenvalue weighted by Gasteiger charge is 2.19. The molecule has 1 atom stereocenters. The fourth-order valence-electron chi connectivity index (χ4n) is 2.11. The van der Waals surface area contributed by atoms with Gasteiger partial charge in [0.25, 0.3) is 5.91 Å². The summed E-state index contributed by atoms with van der Waals surface area (Å²) >= 11 is 0. The van der Waals surface area contributed by atoms with Crippen LogP contribution in [-0.4, -0.2) is 30.4 Å². The molecule has 1 unspecified atom stereocenters. The van der Waals surface area contributed by atoms with Crippen LogP contribution in [0.5, 0.6) is 0 Å². The van der Waals surface area contributed by atoms with Crippen LogP contribution in [0.1, 0.15) is 29.3 Å². The van der Waals surface area contributed by atoms with Gasteiger partial charge in [-0.3, -0.25) is 4.79 Å². The van der Waals surface area contributed by atoms with E-state index in [0.717, 1.165) is 18.7 Å². The minimum Gasteiger partial charge on any atom is -0.384 e. The lowest BCUT2D eigenvalue weighted by Gasteiger charge is -2.23. The molecule has 1 aliphatic rings. The molecule has 1 aromatic carbocycles. The maximum Gasteiger partial charge on any atom is 0.253 e. The lowest BCUT2D eigenvalue weighted by molar-refractivity contribution is 0.0746. The van der Waals surface area contributed by atoms with Crippen molar-refractivity contribution in [2.75, 3.05) is 18.9 Å². The Labute approximate surface area is 107 Å². The molecule has 0 fully saturated rings. The van der Waals surface area contributed by atoms with Crippen molar-refractivity contribution in [2.45, 2.75) is 25.8 Å². The Balaban J connectivity index is 2.16. The fraction of sp³-hybridized carbons (Fsp3) is 0.429. The summed E-state index contributed by atoms with van der Waals surface area (Å²) in [6.45, 7) is 2.82. The summed E-state index contributed by atoms with van der Waals surface area (Å²) in [4.78, 5) is 13.9. The lowest BCUT2D eigenvalue weighted by Crippen LogP contribution is -2.34. The van der Waals surface area contributed by atoms with E-state index in [4.69, 9.17) is 5.26 Å². The van der Waals surface area contributed by atoms with E-state index in [2.05, 4.69) is 11.4 Å². The first-order chi connectivity index (χ1) is 8.63. The second kappa shape index (κ2) is 5.09. The van der Waals surface area contributed by atoms with Gasteiger partial charge < -0.3 is 10.2 Å². The van der Waals surface area contributed by atoms with Gasteiger partial charge in [-0.15, -0.1) is 0 Å². The maximum absolute atomic E-state index is 12.3. The van der Waals surface area contributed by atoms with Crippen LogP contribution >= 0.6 is 0 Å². The third kappa shape index (κ3) is 2.30. The number of carbonyl (C=O) groups excluding carboxylic acids is 1. The Bertz CT molecular complexity index is 504. The number of hydrogen-bond acceptors (Lipinski definition) is 3. The summed E-state index contributed by atoms with van der Waals surface area (Å²) in [5.74, 6) is -0.0209. The SMILES string of the molecule is CC(CC#N)N(C)C(=O)c1ccc2c(c1)CCN2. The molecule has 1 amide bonds. The van der Waals surface area contributed by atoms with Gasteiger partial charge in [-0.05, 0) is 37.1 Å². The van der Waals surface area contributed by atoms with Gasteiger partial charge in [0.15, 0.2) is 0 Å². The van der Waals surface area contributed by atoms with Crippen LogP contribution in [0.3, 0.4) is 0 Å². The third-order valence-electron chi connectivity index (χ3n) is 3.43. The number of nitrogens with one attached hydrogen (secondary N) is 1. The Morgan fingerprint density at radius 2 is 2.39 bits per heavy atom. The van der Waals surface area contributed by atoms with Crippen LogP contribution in [0.2, 0.25) is 0 Å². The predicted octanol–water partition coefficient (Wildman–Crippen LogP) is 2.03.